The summed E-state index contributed by atoms with van der Waals surface area (Å²) in [6, 6.07) is 0. The Balaban J connectivity index is -0.000000303. The molecule has 3 heterocycles. The largest absolute Gasteiger partial charge is 0.536 e. The van der Waals surface area contributed by atoms with Gasteiger partial charge in [0.15, 0.2) is 0 Å². The van der Waals surface area contributed by atoms with Crippen LogP contribution in [0.1, 0.15) is 197 Å². The maximum Gasteiger partial charge on any atom is 0.536 e. The molecule has 0 aliphatic carbocycles. The molecule has 2 aliphatic rings. The summed E-state index contributed by atoms with van der Waals surface area (Å²) >= 11 is 0. The Morgan fingerprint density at radius 2 is 0.922 bits per heavy atom. The molecule has 43 nitrogen and oxygen atoms in total. The summed E-state index contributed by atoms with van der Waals surface area (Å²) in [5, 5.41) is 47.7. The lowest BCUT2D eigenvalue weighted by Gasteiger charge is -2.25. The lowest BCUT2D eigenvalue weighted by atomic mass is 10.0. The number of cyclic esters (lactones) is 2. The average molecular weight is 1690 g/mol. The lowest BCUT2D eigenvalue weighted by molar-refractivity contribution is -0.209. The first-order chi connectivity index (χ1) is 53.6. The van der Waals surface area contributed by atoms with Gasteiger partial charge in [0.25, 0.3) is 0 Å². The molecular weight excluding hydrogens is 1580 g/mol. The molecule has 2 unspecified atom stereocenters. The first kappa shape index (κ1) is 115. The highest BCUT2D eigenvalue weighted by molar-refractivity contribution is 7.48. The molecule has 2 aliphatic heterocycles. The van der Waals surface area contributed by atoms with E-state index in [1.165, 1.54) is 39.0 Å². The molecule has 0 bridgehead atoms. The van der Waals surface area contributed by atoms with Crippen molar-refractivity contribution in [3.63, 3.8) is 0 Å². The van der Waals surface area contributed by atoms with Crippen molar-refractivity contribution >= 4 is 132 Å². The third kappa shape index (κ3) is 52.4. The molecule has 2 saturated heterocycles. The number of carbonyl (C=O) groups is 19. The molecule has 0 radical (unpaired) electrons. The topological polar surface area (TPSA) is 643 Å². The van der Waals surface area contributed by atoms with Crippen molar-refractivity contribution < 1.29 is 196 Å². The summed E-state index contributed by atoms with van der Waals surface area (Å²) in [4.78, 5) is 223. The van der Waals surface area contributed by atoms with Crippen LogP contribution in [0.4, 0.5) is 0 Å². The molecule has 2 atom stereocenters. The number of esters is 8. The number of aliphatic carboxylic acids is 6. The monoisotopic (exact) mass is 1690 g/mol. The summed E-state index contributed by atoms with van der Waals surface area (Å²) in [6.07, 6.45) is 5.11. The van der Waals surface area contributed by atoms with Gasteiger partial charge in [-0.1, -0.05) is 76.2 Å². The van der Waals surface area contributed by atoms with E-state index >= 15 is 0 Å². The van der Waals surface area contributed by atoms with Gasteiger partial charge >= 0.3 is 114 Å². The van der Waals surface area contributed by atoms with Crippen LogP contribution in [0.15, 0.2) is 53.9 Å². The molecule has 0 saturated carbocycles. The fraction of sp³-hybridized carbons (Fsp3) is 0.569. The van der Waals surface area contributed by atoms with Crippen molar-refractivity contribution in [2.24, 2.45) is 23.7 Å². The summed E-state index contributed by atoms with van der Waals surface area (Å²) in [5.41, 5.74) is -0.704. The highest BCUT2D eigenvalue weighted by Crippen LogP contribution is 2.51. The standard InChI is InChI=1S/C14H22O5.C13H18O7.C12H19O10P.C9H10O4.C6H10O3.C5H6O5.C5H8O3.2C4H6O3/c1-6-17-13(16)14(8-10(4)5)18-11(7-9(2)3)12(15)19-14;1-4-13(12(16)18-6-3)19-9(11(15)20-13)7-8-10(14)17-5-2;1-5-11(12(15)17-6-2)22-23(16,20-7-18-9(3)13)21-8-19-10(4)14;1-4-6-8(10)13-7(5(2)3)9(11)12-6;1-4(2)3-5(7)6(8)9;6-3(5(9)10)1-2-4(7)8;1-3(2)4(6)5(7)8;2*1-2-3(5)4(6)7/h7,9-10H,6,8H2,1-5H3;7H,4-6,8H2,1-3H3;5H,6-8H2,1-4H3;4H,1-3H3;4H,3H2,1-2H3,(H,8,9);1-2H2,(H,7,8)(H,9,10);3H,1-2H3,(H,7,8);2*2H2,1H3,(H,6,7)/b11-7-;9-7-;;6-4-;;;;;. The van der Waals surface area contributed by atoms with E-state index in [9.17, 15) is 105 Å². The molecule has 1 aromatic heterocycles. The number of hydrogen-bond donors (Lipinski definition) is 6. The van der Waals surface area contributed by atoms with Gasteiger partial charge in [0.05, 0.1) is 39.3 Å². The van der Waals surface area contributed by atoms with Crippen LogP contribution < -0.4 is 22.1 Å². The van der Waals surface area contributed by atoms with Crippen LogP contribution in [0.5, 0.6) is 0 Å². The van der Waals surface area contributed by atoms with Gasteiger partial charge in [0.2, 0.25) is 70.6 Å². The van der Waals surface area contributed by atoms with Crippen LogP contribution in [0.3, 0.4) is 0 Å². The first-order valence-corrected chi connectivity index (χ1v) is 36.3. The lowest BCUT2D eigenvalue weighted by Crippen LogP contribution is -2.42. The second-order valence-corrected chi connectivity index (χ2v) is 25.2. The van der Waals surface area contributed by atoms with E-state index in [0.717, 1.165) is 13.8 Å². The number of phosphoric acid groups is 1. The van der Waals surface area contributed by atoms with Gasteiger partial charge in [0.1, 0.15) is 0 Å². The van der Waals surface area contributed by atoms with Gasteiger partial charge < -0.3 is 91.4 Å². The fourth-order valence-corrected chi connectivity index (χ4v) is 7.57. The van der Waals surface area contributed by atoms with Crippen molar-refractivity contribution in [3.05, 3.63) is 67.2 Å². The summed E-state index contributed by atoms with van der Waals surface area (Å²) in [5.74, 6) is -21.7. The Kier molecular flexibility index (Phi) is 61.1. The van der Waals surface area contributed by atoms with Crippen LogP contribution in [-0.4, -0.2) is 195 Å². The van der Waals surface area contributed by atoms with E-state index in [4.69, 9.17) is 90.9 Å². The van der Waals surface area contributed by atoms with Crippen LogP contribution >= 0.6 is 7.82 Å². The highest BCUT2D eigenvalue weighted by atomic mass is 31.2. The minimum Gasteiger partial charge on any atom is -0.481 e. The summed E-state index contributed by atoms with van der Waals surface area (Å²) in [7, 11) is -4.41. The average Bonchev–Trinajstić information content (AvgIpc) is 1.65. The maximum atomic E-state index is 12.4. The number of carboxylic acids is 6. The fourth-order valence-electron chi connectivity index (χ4n) is 6.61. The van der Waals surface area contributed by atoms with E-state index in [2.05, 4.69) is 9.47 Å². The van der Waals surface area contributed by atoms with E-state index in [0.29, 0.717) is 5.57 Å². The molecule has 0 aromatic carbocycles. The van der Waals surface area contributed by atoms with Gasteiger partial charge in [0, 0.05) is 58.3 Å². The predicted octanol–water partition coefficient (Wildman–Crippen LogP) is 5.30. The number of hydrogen-bond acceptors (Lipinski definition) is 37. The Bertz CT molecular complexity index is 3880. The van der Waals surface area contributed by atoms with E-state index in [-0.39, 0.29) is 105 Å². The number of ketones is 5. The van der Waals surface area contributed by atoms with Gasteiger partial charge in [-0.3, -0.25) is 43.2 Å². The molecule has 116 heavy (non-hydrogen) atoms. The van der Waals surface area contributed by atoms with Crippen LogP contribution in [0.25, 0.3) is 11.6 Å². The number of Topliss-reactive ketones (excluding diaryl/α,β-unsaturated/α-hetero) is 5. The van der Waals surface area contributed by atoms with Gasteiger partial charge in [-0.15, -0.1) is 0 Å². The van der Waals surface area contributed by atoms with Gasteiger partial charge in [-0.25, -0.2) is 71.1 Å². The van der Waals surface area contributed by atoms with Crippen LogP contribution in [0.2, 0.25) is 0 Å². The molecule has 1 aromatic rings. The van der Waals surface area contributed by atoms with Crippen molar-refractivity contribution in [1.82, 2.24) is 0 Å². The van der Waals surface area contributed by atoms with E-state index < -0.39 is 181 Å². The second kappa shape index (κ2) is 61.6. The van der Waals surface area contributed by atoms with Crippen molar-refractivity contribution in [3.8, 4) is 0 Å². The van der Waals surface area contributed by atoms with Gasteiger partial charge in [-0.05, 0) is 103 Å². The second-order valence-electron chi connectivity index (χ2n) is 23.6. The molecule has 3 rings (SSSR count). The maximum absolute atomic E-state index is 12.4. The first-order valence-electron chi connectivity index (χ1n) is 34.8. The molecule has 2 fully saturated rings. The molecular formula is C72H105O43P. The van der Waals surface area contributed by atoms with Crippen LogP contribution in [0, 0.1) is 23.7 Å². The number of rotatable bonds is 34. The molecule has 44 heteroatoms. The molecule has 0 spiro atoms. The van der Waals surface area contributed by atoms with E-state index in [1.54, 1.807) is 89.2 Å². The minimum atomic E-state index is -4.41. The van der Waals surface area contributed by atoms with E-state index in [1.807, 2.05) is 27.7 Å². The quantitative estimate of drug-likeness (QED) is 0.00970. The number of ether oxygens (including phenoxy) is 10. The van der Waals surface area contributed by atoms with Gasteiger partial charge in [-0.2, -0.15) is 0 Å². The molecule has 0 amide bonds. The Labute approximate surface area is 665 Å². The summed E-state index contributed by atoms with van der Waals surface area (Å²) in [6.45, 7) is 33.3. The minimum absolute atomic E-state index is 0.0180. The van der Waals surface area contributed by atoms with Crippen LogP contribution in [-0.2, 0) is 157 Å². The zero-order valence-corrected chi connectivity index (χ0v) is 69.1. The normalized spacial score (nSPS) is 14.8. The SMILES string of the molecule is C/C=c1\oc(=O)c(=C(C)C)oc1=O.CC(C)C(=O)C(=O)O.CC(C)CC(=O)C(=O)O.CC=C(OP(=O)(OCOC(C)=O)OCOC(C)=O)C(=O)OCC.CCC(=O)C(=O)O.CCC(=O)C(=O)O.CCOC(=O)C/C=C1\OC(CC)(C(=O)OCC)OC1=O.CCOC(=O)C1(CC(C)C)OC(=O)/C(=C/C(C)C)O1.O=C(O)CCC(=O)C(=O)O. The Hall–Kier alpha value is -11.9. The number of phosphoric ester groups is 1. The Morgan fingerprint density at radius 1 is 0.491 bits per heavy atom. The zero-order chi connectivity index (χ0) is 91.7. The number of carboxylic acid groups (broad SMARTS) is 6. The van der Waals surface area contributed by atoms with Crippen molar-refractivity contribution in [1.29, 1.82) is 0 Å². The highest BCUT2D eigenvalue weighted by Gasteiger charge is 2.55. The predicted molar refractivity (Wildman–Crippen MR) is 392 cm³/mol. The Morgan fingerprint density at radius 3 is 1.24 bits per heavy atom. The molecule has 6 N–H and O–H groups in total. The number of allylic oxidation sites excluding steroid dienone is 2. The number of carbonyl (C=O) groups excluding carboxylic acids is 13. The smallest absolute Gasteiger partial charge is 0.481 e. The third-order valence-corrected chi connectivity index (χ3v) is 13.2. The third-order valence-electron chi connectivity index (χ3n) is 11.9. The molecule has 656 valence electrons. The van der Waals surface area contributed by atoms with Crippen molar-refractivity contribution in [2.75, 3.05) is 40.0 Å². The van der Waals surface area contributed by atoms with Crippen molar-refractivity contribution in [2.45, 2.75) is 208 Å². The summed E-state index contributed by atoms with van der Waals surface area (Å²) < 4.78 is 85.1. The zero-order valence-electron chi connectivity index (χ0n) is 68.3.